The Bertz CT molecular complexity index is 378. The van der Waals surface area contributed by atoms with Crippen molar-refractivity contribution in [3.8, 4) is 0 Å². The summed E-state index contributed by atoms with van der Waals surface area (Å²) in [5, 5.41) is 5.48. The van der Waals surface area contributed by atoms with Crippen molar-refractivity contribution in [1.29, 1.82) is 0 Å². The molecule has 1 saturated carbocycles. The van der Waals surface area contributed by atoms with E-state index in [1.54, 1.807) is 11.3 Å². The van der Waals surface area contributed by atoms with Crippen LogP contribution in [-0.2, 0) is 6.54 Å². The van der Waals surface area contributed by atoms with Crippen molar-refractivity contribution in [2.24, 2.45) is 10.7 Å². The SMILES string of the molecule is Cc1csc(CN=C(N)NC2CCCCC2)c1. The van der Waals surface area contributed by atoms with E-state index in [9.17, 15) is 0 Å². The van der Waals surface area contributed by atoms with Gasteiger partial charge in [-0.05, 0) is 36.8 Å². The van der Waals surface area contributed by atoms with Gasteiger partial charge in [0, 0.05) is 10.9 Å². The summed E-state index contributed by atoms with van der Waals surface area (Å²) in [4.78, 5) is 5.67. The van der Waals surface area contributed by atoms with E-state index >= 15 is 0 Å². The lowest BCUT2D eigenvalue weighted by Crippen LogP contribution is -2.41. The Morgan fingerprint density at radius 2 is 2.24 bits per heavy atom. The second kappa shape index (κ2) is 6.05. The molecule has 3 nitrogen and oxygen atoms in total. The molecule has 1 heterocycles. The number of nitrogens with zero attached hydrogens (tertiary/aromatic N) is 1. The summed E-state index contributed by atoms with van der Waals surface area (Å²) in [5.41, 5.74) is 7.21. The van der Waals surface area contributed by atoms with E-state index in [1.807, 2.05) is 0 Å². The molecule has 4 heteroatoms. The maximum absolute atomic E-state index is 5.90. The fraction of sp³-hybridized carbons (Fsp3) is 0.615. The van der Waals surface area contributed by atoms with Crippen LogP contribution in [0.15, 0.2) is 16.4 Å². The highest BCUT2D eigenvalue weighted by molar-refractivity contribution is 7.10. The molecule has 0 aromatic carbocycles. The summed E-state index contributed by atoms with van der Waals surface area (Å²) in [6, 6.07) is 2.71. The number of hydrogen-bond acceptors (Lipinski definition) is 2. The lowest BCUT2D eigenvalue weighted by Gasteiger charge is -2.23. The minimum Gasteiger partial charge on any atom is -0.370 e. The molecule has 1 aromatic heterocycles. The molecule has 0 unspecified atom stereocenters. The van der Waals surface area contributed by atoms with Crippen molar-refractivity contribution in [2.45, 2.75) is 51.6 Å². The number of thiophene rings is 1. The van der Waals surface area contributed by atoms with Gasteiger partial charge in [-0.3, -0.25) is 0 Å². The van der Waals surface area contributed by atoms with Crippen LogP contribution in [0.5, 0.6) is 0 Å². The molecular formula is C13H21N3S. The molecule has 0 amide bonds. The van der Waals surface area contributed by atoms with Gasteiger partial charge in [-0.15, -0.1) is 11.3 Å². The summed E-state index contributed by atoms with van der Waals surface area (Å²) in [5.74, 6) is 0.600. The van der Waals surface area contributed by atoms with Gasteiger partial charge in [0.25, 0.3) is 0 Å². The van der Waals surface area contributed by atoms with E-state index in [4.69, 9.17) is 5.73 Å². The average molecular weight is 251 g/mol. The van der Waals surface area contributed by atoms with Crippen molar-refractivity contribution in [3.05, 3.63) is 21.9 Å². The first-order valence-electron chi connectivity index (χ1n) is 6.34. The Morgan fingerprint density at radius 1 is 1.47 bits per heavy atom. The highest BCUT2D eigenvalue weighted by atomic mass is 32.1. The monoisotopic (exact) mass is 251 g/mol. The maximum atomic E-state index is 5.90. The molecule has 94 valence electrons. The molecule has 0 radical (unpaired) electrons. The zero-order chi connectivity index (χ0) is 12.1. The number of aryl methyl sites for hydroxylation is 1. The zero-order valence-corrected chi connectivity index (χ0v) is 11.2. The highest BCUT2D eigenvalue weighted by Crippen LogP contribution is 2.17. The van der Waals surface area contributed by atoms with Gasteiger partial charge in [0.15, 0.2) is 5.96 Å². The molecule has 0 atom stereocenters. The lowest BCUT2D eigenvalue weighted by molar-refractivity contribution is 0.412. The maximum Gasteiger partial charge on any atom is 0.189 e. The zero-order valence-electron chi connectivity index (χ0n) is 10.4. The molecule has 1 fully saturated rings. The number of nitrogens with one attached hydrogen (secondary N) is 1. The van der Waals surface area contributed by atoms with Crippen LogP contribution in [0, 0.1) is 6.92 Å². The largest absolute Gasteiger partial charge is 0.370 e. The molecule has 17 heavy (non-hydrogen) atoms. The van der Waals surface area contributed by atoms with E-state index in [0.29, 0.717) is 18.5 Å². The fourth-order valence-electron chi connectivity index (χ4n) is 2.24. The molecule has 0 bridgehead atoms. The Labute approximate surface area is 107 Å². The van der Waals surface area contributed by atoms with Gasteiger partial charge >= 0.3 is 0 Å². The second-order valence-corrected chi connectivity index (χ2v) is 5.77. The van der Waals surface area contributed by atoms with Gasteiger partial charge in [-0.2, -0.15) is 0 Å². The van der Waals surface area contributed by atoms with E-state index in [2.05, 4.69) is 28.7 Å². The molecule has 1 aliphatic rings. The van der Waals surface area contributed by atoms with Gasteiger partial charge in [0.2, 0.25) is 0 Å². The van der Waals surface area contributed by atoms with Crippen LogP contribution in [0.4, 0.5) is 0 Å². The molecule has 2 rings (SSSR count). The number of aliphatic imine (C=N–C) groups is 1. The van der Waals surface area contributed by atoms with Crippen LogP contribution in [0.1, 0.15) is 42.5 Å². The molecule has 1 aromatic rings. The predicted octanol–water partition coefficient (Wildman–Crippen LogP) is 2.79. The Morgan fingerprint density at radius 3 is 2.88 bits per heavy atom. The Kier molecular flexibility index (Phi) is 4.42. The topological polar surface area (TPSA) is 50.4 Å². The summed E-state index contributed by atoms with van der Waals surface area (Å²) in [6.07, 6.45) is 6.45. The van der Waals surface area contributed by atoms with Crippen molar-refractivity contribution in [1.82, 2.24) is 5.32 Å². The summed E-state index contributed by atoms with van der Waals surface area (Å²) >= 11 is 1.75. The fourth-order valence-corrected chi connectivity index (χ4v) is 3.04. The molecule has 3 N–H and O–H groups in total. The van der Waals surface area contributed by atoms with Crippen molar-refractivity contribution in [2.75, 3.05) is 0 Å². The predicted molar refractivity (Wildman–Crippen MR) is 74.4 cm³/mol. The molecule has 0 aliphatic heterocycles. The molecular weight excluding hydrogens is 230 g/mol. The third kappa shape index (κ3) is 4.04. The standard InChI is InChI=1S/C13H21N3S/c1-10-7-12(17-9-10)8-15-13(14)16-11-5-3-2-4-6-11/h7,9,11H,2-6,8H2,1H3,(H3,14,15,16). The minimum absolute atomic E-state index is 0.539. The number of hydrogen-bond donors (Lipinski definition) is 2. The van der Waals surface area contributed by atoms with Gasteiger partial charge in [0.05, 0.1) is 6.54 Å². The van der Waals surface area contributed by atoms with Crippen LogP contribution >= 0.6 is 11.3 Å². The number of rotatable bonds is 3. The van der Waals surface area contributed by atoms with Gasteiger partial charge in [0.1, 0.15) is 0 Å². The third-order valence-electron chi connectivity index (χ3n) is 3.15. The normalized spacial score (nSPS) is 18.3. The summed E-state index contributed by atoms with van der Waals surface area (Å²) < 4.78 is 0. The Hall–Kier alpha value is -1.03. The van der Waals surface area contributed by atoms with Crippen molar-refractivity contribution < 1.29 is 0 Å². The van der Waals surface area contributed by atoms with Crippen LogP contribution in [-0.4, -0.2) is 12.0 Å². The third-order valence-corrected chi connectivity index (χ3v) is 4.19. The lowest BCUT2D eigenvalue weighted by atomic mass is 9.96. The average Bonchev–Trinajstić information content (AvgIpc) is 2.74. The van der Waals surface area contributed by atoms with Gasteiger partial charge < -0.3 is 11.1 Å². The van der Waals surface area contributed by atoms with E-state index < -0.39 is 0 Å². The van der Waals surface area contributed by atoms with Crippen LogP contribution in [0.3, 0.4) is 0 Å². The highest BCUT2D eigenvalue weighted by Gasteiger charge is 2.13. The number of nitrogens with two attached hydrogens (primary N) is 1. The quantitative estimate of drug-likeness (QED) is 0.641. The first-order valence-corrected chi connectivity index (χ1v) is 7.22. The first kappa shape index (κ1) is 12.4. The van der Waals surface area contributed by atoms with Gasteiger partial charge in [-0.25, -0.2) is 4.99 Å². The summed E-state index contributed by atoms with van der Waals surface area (Å²) in [7, 11) is 0. The van der Waals surface area contributed by atoms with Crippen molar-refractivity contribution in [3.63, 3.8) is 0 Å². The van der Waals surface area contributed by atoms with Crippen LogP contribution < -0.4 is 11.1 Å². The number of guanidine groups is 1. The molecule has 0 saturated heterocycles. The second-order valence-electron chi connectivity index (χ2n) is 4.77. The Balaban J connectivity index is 1.80. The molecule has 1 aliphatic carbocycles. The van der Waals surface area contributed by atoms with Crippen LogP contribution in [0.2, 0.25) is 0 Å². The minimum atomic E-state index is 0.539. The van der Waals surface area contributed by atoms with E-state index in [-0.39, 0.29) is 0 Å². The molecule has 0 spiro atoms. The summed E-state index contributed by atoms with van der Waals surface area (Å²) in [6.45, 7) is 2.80. The van der Waals surface area contributed by atoms with E-state index in [1.165, 1.54) is 42.5 Å². The van der Waals surface area contributed by atoms with Crippen molar-refractivity contribution >= 4 is 17.3 Å². The smallest absolute Gasteiger partial charge is 0.189 e. The van der Waals surface area contributed by atoms with Gasteiger partial charge in [-0.1, -0.05) is 19.3 Å². The van der Waals surface area contributed by atoms with Crippen LogP contribution in [0.25, 0.3) is 0 Å². The van der Waals surface area contributed by atoms with E-state index in [0.717, 1.165) is 0 Å². The first-order chi connectivity index (χ1) is 8.24.